The van der Waals surface area contributed by atoms with E-state index >= 15 is 0 Å². The molecular weight excluding hydrogens is 308 g/mol. The van der Waals surface area contributed by atoms with Crippen LogP contribution in [-0.4, -0.2) is 26.8 Å². The van der Waals surface area contributed by atoms with E-state index in [1.807, 2.05) is 29.1 Å². The van der Waals surface area contributed by atoms with Crippen molar-refractivity contribution in [2.24, 2.45) is 5.92 Å². The average Bonchev–Trinajstić information content (AvgIpc) is 2.96. The molecule has 0 unspecified atom stereocenters. The van der Waals surface area contributed by atoms with Crippen LogP contribution < -0.4 is 5.32 Å². The molecule has 0 bridgehead atoms. The monoisotopic (exact) mass is 326 g/mol. The standard InChI is InChI=1S/C17H18N4OS/c1-10-8-12-14(13(22)9-10)15(11-6-4-3-5-7-11)21-16(18-12)19-17(20-21)23-2/h3-7,10,15H,8-9H2,1-2H3,(H,18,19,20)/t10-,15-/m1/s1. The fraction of sp³-hybridized carbons (Fsp3) is 0.353. The number of nitrogens with one attached hydrogen (secondary N) is 1. The van der Waals surface area contributed by atoms with E-state index in [9.17, 15) is 4.79 Å². The van der Waals surface area contributed by atoms with Crippen molar-refractivity contribution in [1.29, 1.82) is 0 Å². The van der Waals surface area contributed by atoms with Gasteiger partial charge >= 0.3 is 0 Å². The number of ketones is 1. The normalized spacial score (nSPS) is 23.3. The Kier molecular flexibility index (Phi) is 3.49. The molecule has 0 spiro atoms. The van der Waals surface area contributed by atoms with E-state index in [-0.39, 0.29) is 11.8 Å². The molecule has 118 valence electrons. The highest BCUT2D eigenvalue weighted by Gasteiger charge is 2.38. The second-order valence-electron chi connectivity index (χ2n) is 6.13. The van der Waals surface area contributed by atoms with Crippen LogP contribution >= 0.6 is 11.8 Å². The fourth-order valence-corrected chi connectivity index (χ4v) is 3.76. The van der Waals surface area contributed by atoms with Crippen LogP contribution in [0.15, 0.2) is 46.8 Å². The molecule has 1 aromatic heterocycles. The number of nitrogens with zero attached hydrogens (tertiary/aromatic N) is 3. The number of carbonyl (C=O) groups is 1. The number of Topliss-reactive ketones (excluding diaryl/α,β-unsaturated/α-hetero) is 1. The van der Waals surface area contributed by atoms with E-state index in [4.69, 9.17) is 0 Å². The first-order valence-electron chi connectivity index (χ1n) is 7.76. The summed E-state index contributed by atoms with van der Waals surface area (Å²) in [5.41, 5.74) is 2.93. The second kappa shape index (κ2) is 5.53. The highest BCUT2D eigenvalue weighted by Crippen LogP contribution is 2.41. The number of allylic oxidation sites excluding steroid dienone is 2. The minimum Gasteiger partial charge on any atom is -0.328 e. The average molecular weight is 326 g/mol. The summed E-state index contributed by atoms with van der Waals surface area (Å²) in [6.45, 7) is 2.12. The predicted molar refractivity (Wildman–Crippen MR) is 90.4 cm³/mol. The maximum Gasteiger partial charge on any atom is 0.227 e. The molecule has 4 rings (SSSR count). The zero-order valence-corrected chi connectivity index (χ0v) is 13.9. The third-order valence-corrected chi connectivity index (χ3v) is 4.94. The maximum atomic E-state index is 12.7. The zero-order valence-electron chi connectivity index (χ0n) is 13.1. The van der Waals surface area contributed by atoms with Crippen LogP contribution in [-0.2, 0) is 4.79 Å². The van der Waals surface area contributed by atoms with Crippen LogP contribution in [0.3, 0.4) is 0 Å². The fourth-order valence-electron chi connectivity index (χ4n) is 3.42. The lowest BCUT2D eigenvalue weighted by atomic mass is 9.81. The first-order chi connectivity index (χ1) is 11.2. The van der Waals surface area contributed by atoms with Gasteiger partial charge in [-0.25, -0.2) is 4.68 Å². The Morgan fingerprint density at radius 3 is 2.78 bits per heavy atom. The number of fused-ring (bicyclic) bond motifs is 1. The van der Waals surface area contributed by atoms with Crippen molar-refractivity contribution in [3.8, 4) is 0 Å². The van der Waals surface area contributed by atoms with Crippen LogP contribution in [0.5, 0.6) is 0 Å². The number of carbonyl (C=O) groups excluding carboxylic acids is 1. The third-order valence-electron chi connectivity index (χ3n) is 4.40. The Labute approximate surface area is 139 Å². The molecule has 2 atom stereocenters. The van der Waals surface area contributed by atoms with Crippen molar-refractivity contribution >= 4 is 23.5 Å². The molecule has 1 aromatic carbocycles. The van der Waals surface area contributed by atoms with Crippen molar-refractivity contribution in [3.63, 3.8) is 0 Å². The van der Waals surface area contributed by atoms with E-state index in [0.29, 0.717) is 17.5 Å². The number of benzene rings is 1. The van der Waals surface area contributed by atoms with Crippen molar-refractivity contribution < 1.29 is 4.79 Å². The SMILES string of the molecule is CSc1nc2n(n1)[C@H](c1ccccc1)C1=C(C[C@@H](C)CC1=O)N2. The van der Waals surface area contributed by atoms with E-state index < -0.39 is 0 Å². The first kappa shape index (κ1) is 14.5. The van der Waals surface area contributed by atoms with E-state index in [1.54, 1.807) is 0 Å². The molecule has 23 heavy (non-hydrogen) atoms. The number of rotatable bonds is 2. The van der Waals surface area contributed by atoms with Gasteiger partial charge in [-0.2, -0.15) is 4.98 Å². The summed E-state index contributed by atoms with van der Waals surface area (Å²) in [5.74, 6) is 1.30. The Morgan fingerprint density at radius 2 is 2.04 bits per heavy atom. The molecule has 1 aliphatic heterocycles. The molecule has 0 fully saturated rings. The highest BCUT2D eigenvalue weighted by atomic mass is 32.2. The van der Waals surface area contributed by atoms with Crippen LogP contribution in [0.1, 0.15) is 31.4 Å². The van der Waals surface area contributed by atoms with Crippen molar-refractivity contribution in [3.05, 3.63) is 47.2 Å². The van der Waals surface area contributed by atoms with Gasteiger partial charge in [0.25, 0.3) is 0 Å². The van der Waals surface area contributed by atoms with Gasteiger partial charge in [-0.3, -0.25) is 4.79 Å². The third kappa shape index (κ3) is 2.37. The summed E-state index contributed by atoms with van der Waals surface area (Å²) in [6, 6.07) is 9.90. The summed E-state index contributed by atoms with van der Waals surface area (Å²) in [5, 5.41) is 8.66. The molecule has 0 saturated carbocycles. The van der Waals surface area contributed by atoms with E-state index in [2.05, 4.69) is 34.5 Å². The van der Waals surface area contributed by atoms with Gasteiger partial charge in [0.15, 0.2) is 5.78 Å². The molecule has 2 aliphatic rings. The molecule has 2 aromatic rings. The van der Waals surface area contributed by atoms with Crippen LogP contribution in [0.2, 0.25) is 0 Å². The number of hydrogen-bond donors (Lipinski definition) is 1. The molecule has 0 amide bonds. The highest BCUT2D eigenvalue weighted by molar-refractivity contribution is 7.98. The van der Waals surface area contributed by atoms with Crippen LogP contribution in [0.25, 0.3) is 0 Å². The topological polar surface area (TPSA) is 59.8 Å². The van der Waals surface area contributed by atoms with E-state index in [1.165, 1.54) is 11.8 Å². The summed E-state index contributed by atoms with van der Waals surface area (Å²) >= 11 is 1.51. The number of aromatic nitrogens is 3. The second-order valence-corrected chi connectivity index (χ2v) is 6.91. The maximum absolute atomic E-state index is 12.7. The van der Waals surface area contributed by atoms with Gasteiger partial charge in [0.1, 0.15) is 6.04 Å². The van der Waals surface area contributed by atoms with Gasteiger partial charge < -0.3 is 5.32 Å². The summed E-state index contributed by atoms with van der Waals surface area (Å²) in [7, 11) is 0. The molecule has 1 N–H and O–H groups in total. The molecule has 1 aliphatic carbocycles. The molecular formula is C17H18N4OS. The lowest BCUT2D eigenvalue weighted by Gasteiger charge is -2.34. The lowest BCUT2D eigenvalue weighted by molar-refractivity contribution is -0.117. The summed E-state index contributed by atoms with van der Waals surface area (Å²) < 4.78 is 1.86. The smallest absolute Gasteiger partial charge is 0.227 e. The van der Waals surface area contributed by atoms with Crippen molar-refractivity contribution in [2.45, 2.75) is 31.0 Å². The lowest BCUT2D eigenvalue weighted by Crippen LogP contribution is -2.33. The van der Waals surface area contributed by atoms with Gasteiger partial charge in [-0.05, 0) is 24.2 Å². The van der Waals surface area contributed by atoms with Crippen molar-refractivity contribution in [1.82, 2.24) is 14.8 Å². The summed E-state index contributed by atoms with van der Waals surface area (Å²) in [4.78, 5) is 17.3. The summed E-state index contributed by atoms with van der Waals surface area (Å²) in [6.07, 6.45) is 3.44. The Morgan fingerprint density at radius 1 is 1.26 bits per heavy atom. The van der Waals surface area contributed by atoms with Gasteiger partial charge in [0.05, 0.1) is 0 Å². The van der Waals surface area contributed by atoms with Gasteiger partial charge in [-0.1, -0.05) is 49.0 Å². The van der Waals surface area contributed by atoms with Crippen LogP contribution in [0, 0.1) is 5.92 Å². The van der Waals surface area contributed by atoms with Crippen LogP contribution in [0.4, 0.5) is 5.95 Å². The minimum atomic E-state index is -0.184. The minimum absolute atomic E-state index is 0.184. The molecule has 2 heterocycles. The van der Waals surface area contributed by atoms with Crippen molar-refractivity contribution in [2.75, 3.05) is 11.6 Å². The van der Waals surface area contributed by atoms with E-state index in [0.717, 1.165) is 29.2 Å². The predicted octanol–water partition coefficient (Wildman–Crippen LogP) is 3.27. The zero-order chi connectivity index (χ0) is 16.0. The van der Waals surface area contributed by atoms with Gasteiger partial charge in [0.2, 0.25) is 11.1 Å². The first-order valence-corrected chi connectivity index (χ1v) is 8.98. The number of hydrogen-bond acceptors (Lipinski definition) is 5. The molecule has 0 radical (unpaired) electrons. The van der Waals surface area contributed by atoms with Gasteiger partial charge in [-0.15, -0.1) is 5.10 Å². The molecule has 6 heteroatoms. The number of thioether (sulfide) groups is 1. The Bertz CT molecular complexity index is 796. The van der Waals surface area contributed by atoms with Gasteiger partial charge in [0, 0.05) is 17.7 Å². The quantitative estimate of drug-likeness (QED) is 0.858. The Hall–Kier alpha value is -2.08. The Balaban J connectivity index is 1.91. The number of anilines is 1. The largest absolute Gasteiger partial charge is 0.328 e. The molecule has 5 nitrogen and oxygen atoms in total. The molecule has 0 saturated heterocycles.